The van der Waals surface area contributed by atoms with Crippen LogP contribution >= 0.6 is 0 Å². The summed E-state index contributed by atoms with van der Waals surface area (Å²) in [6, 6.07) is 0. The van der Waals surface area contributed by atoms with E-state index in [2.05, 4.69) is 0 Å². The smallest absolute Gasteiger partial charge is 0.163 e. The van der Waals surface area contributed by atoms with Crippen LogP contribution in [0.2, 0.25) is 0 Å². The standard InChI is InChI=1S/C23H38O5/c24-16-5-1-13(2-6-16)19-9-15-10-20(14-3-7-17(25)8-4-14)28-22-12-18(26)11-21(27-19)23(15)22/h13-26H,1-12H2/p+1. The second-order valence-corrected chi connectivity index (χ2v) is 10.6. The molecule has 0 bridgehead atoms. The summed E-state index contributed by atoms with van der Waals surface area (Å²) in [5.74, 6) is 2.36. The molecule has 5 rings (SSSR count). The van der Waals surface area contributed by atoms with E-state index in [1.807, 2.05) is 0 Å². The van der Waals surface area contributed by atoms with E-state index >= 15 is 0 Å². The van der Waals surface area contributed by atoms with Crippen LogP contribution in [0.25, 0.3) is 0 Å². The monoisotopic (exact) mass is 395 g/mol. The molecule has 5 nitrogen and oxygen atoms in total. The molecule has 3 aliphatic carbocycles. The molecule has 2 heterocycles. The summed E-state index contributed by atoms with van der Waals surface area (Å²) < 4.78 is 11.9. The van der Waals surface area contributed by atoms with Crippen LogP contribution in [0, 0.1) is 23.7 Å². The molecule has 2 aliphatic heterocycles. The van der Waals surface area contributed by atoms with Crippen LogP contribution in [0.15, 0.2) is 0 Å². The maximum absolute atomic E-state index is 10.5. The van der Waals surface area contributed by atoms with Gasteiger partial charge in [0.05, 0.1) is 36.4 Å². The Bertz CT molecular complexity index is 481. The average molecular weight is 396 g/mol. The Labute approximate surface area is 168 Å². The van der Waals surface area contributed by atoms with Crippen molar-refractivity contribution >= 4 is 0 Å². The van der Waals surface area contributed by atoms with Gasteiger partial charge in [-0.1, -0.05) is 0 Å². The van der Waals surface area contributed by atoms with Crippen molar-refractivity contribution in [3.05, 3.63) is 0 Å². The van der Waals surface area contributed by atoms with E-state index in [9.17, 15) is 15.3 Å². The lowest BCUT2D eigenvalue weighted by Gasteiger charge is -2.53. The molecular weight excluding hydrogens is 356 g/mol. The highest BCUT2D eigenvalue weighted by molar-refractivity contribution is 5.01. The van der Waals surface area contributed by atoms with Crippen molar-refractivity contribution in [3.8, 4) is 0 Å². The van der Waals surface area contributed by atoms with Crippen molar-refractivity contribution < 1.29 is 24.8 Å². The molecule has 5 fully saturated rings. The van der Waals surface area contributed by atoms with E-state index in [-0.39, 0.29) is 30.5 Å². The summed E-state index contributed by atoms with van der Waals surface area (Å²) >= 11 is 0. The Balaban J connectivity index is 1.30. The number of aliphatic hydroxyl groups excluding tert-OH is 3. The van der Waals surface area contributed by atoms with E-state index in [0.29, 0.717) is 35.9 Å². The average Bonchev–Trinajstić information content (AvgIpc) is 2.68. The lowest BCUT2D eigenvalue weighted by molar-refractivity contribution is -0.307. The minimum absolute atomic E-state index is 0.109. The van der Waals surface area contributed by atoms with Crippen LogP contribution in [0.1, 0.15) is 77.0 Å². The third-order valence-corrected chi connectivity index (χ3v) is 8.80. The van der Waals surface area contributed by atoms with Gasteiger partial charge in [0.1, 0.15) is 0 Å². The Kier molecular flexibility index (Phi) is 5.74. The zero-order valence-electron chi connectivity index (χ0n) is 17.0. The van der Waals surface area contributed by atoms with Gasteiger partial charge in [-0.2, -0.15) is 0 Å². The third kappa shape index (κ3) is 3.90. The minimum atomic E-state index is -0.283. The Hall–Kier alpha value is -0.200. The topological polar surface area (TPSA) is 82.7 Å². The second kappa shape index (κ2) is 8.14. The van der Waals surface area contributed by atoms with Gasteiger partial charge in [-0.15, -0.1) is 0 Å². The molecule has 0 amide bonds. The Morgan fingerprint density at radius 1 is 0.536 bits per heavy atom. The van der Waals surface area contributed by atoms with Crippen LogP contribution in [0.3, 0.4) is 0 Å². The second-order valence-electron chi connectivity index (χ2n) is 10.6. The van der Waals surface area contributed by atoms with Crippen LogP contribution in [0.4, 0.5) is 0 Å². The zero-order valence-corrected chi connectivity index (χ0v) is 17.0. The summed E-state index contributed by atoms with van der Waals surface area (Å²) in [6.45, 7) is 0. The van der Waals surface area contributed by atoms with Gasteiger partial charge in [0.25, 0.3) is 0 Å². The normalized spacial score (nSPS) is 54.8. The molecule has 0 aromatic rings. The summed E-state index contributed by atoms with van der Waals surface area (Å²) in [7, 11) is 0. The molecule has 7 unspecified atom stereocenters. The number of rotatable bonds is 2. The zero-order chi connectivity index (χ0) is 19.3. The molecule has 0 aromatic heterocycles. The van der Waals surface area contributed by atoms with Gasteiger partial charge in [-0.05, 0) is 69.6 Å². The first-order valence-corrected chi connectivity index (χ1v) is 12.0. The number of ether oxygens (including phenoxy) is 2. The first-order valence-electron chi connectivity index (χ1n) is 12.0. The van der Waals surface area contributed by atoms with Crippen LogP contribution in [-0.2, 0) is 4.74 Å². The van der Waals surface area contributed by atoms with Crippen molar-refractivity contribution in [2.24, 2.45) is 23.7 Å². The quantitative estimate of drug-likeness (QED) is 0.627. The summed E-state index contributed by atoms with van der Waals surface area (Å²) in [5.41, 5.74) is 0. The number of hydrogen-bond acceptors (Lipinski definition) is 4. The minimum Gasteiger partial charge on any atom is -0.429 e. The molecule has 7 atom stereocenters. The van der Waals surface area contributed by atoms with Crippen molar-refractivity contribution in [3.63, 3.8) is 0 Å². The van der Waals surface area contributed by atoms with Gasteiger partial charge in [-0.3, -0.25) is 0 Å². The van der Waals surface area contributed by atoms with E-state index in [0.717, 1.165) is 70.6 Å². The largest absolute Gasteiger partial charge is 0.429 e. The third-order valence-electron chi connectivity index (χ3n) is 8.80. The summed E-state index contributed by atoms with van der Waals surface area (Å²) in [5, 5.41) is 30.3. The highest BCUT2D eigenvalue weighted by Gasteiger charge is 2.56. The predicted molar refractivity (Wildman–Crippen MR) is 106 cm³/mol. The lowest BCUT2D eigenvalue weighted by atomic mass is 9.64. The molecule has 28 heavy (non-hydrogen) atoms. The van der Waals surface area contributed by atoms with Crippen molar-refractivity contribution in [2.45, 2.75) is 120 Å². The molecular formula is C23H39O5+. The molecule has 0 spiro atoms. The van der Waals surface area contributed by atoms with Gasteiger partial charge < -0.3 is 24.8 Å². The predicted octanol–water partition coefficient (Wildman–Crippen LogP) is 2.30. The van der Waals surface area contributed by atoms with E-state index in [4.69, 9.17) is 9.47 Å². The number of hydrogen-bond donors (Lipinski definition) is 3. The maximum atomic E-state index is 10.5. The van der Waals surface area contributed by atoms with E-state index < -0.39 is 0 Å². The SMILES string of the molecule is OC1CCC(C2CC3CC(C4CCC(O)CC4)[OH+]C4CC(O)CC(O2)C34)CC1. The fourth-order valence-corrected chi connectivity index (χ4v) is 7.31. The molecule has 5 heteroatoms. The Morgan fingerprint density at radius 2 is 1.18 bits per heavy atom. The molecule has 160 valence electrons. The molecule has 3 saturated carbocycles. The maximum Gasteiger partial charge on any atom is 0.163 e. The van der Waals surface area contributed by atoms with Crippen LogP contribution in [0.5, 0.6) is 0 Å². The van der Waals surface area contributed by atoms with Crippen LogP contribution < -0.4 is 0 Å². The van der Waals surface area contributed by atoms with E-state index in [1.165, 1.54) is 6.42 Å². The van der Waals surface area contributed by atoms with Crippen LogP contribution in [-0.4, -0.2) is 62.8 Å². The highest BCUT2D eigenvalue weighted by atomic mass is 16.5. The molecule has 4 N–H and O–H groups in total. The van der Waals surface area contributed by atoms with Gasteiger partial charge >= 0.3 is 0 Å². The van der Waals surface area contributed by atoms with E-state index in [1.54, 1.807) is 0 Å². The highest BCUT2D eigenvalue weighted by Crippen LogP contribution is 2.50. The first kappa shape index (κ1) is 19.7. The molecule has 2 saturated heterocycles. The van der Waals surface area contributed by atoms with Gasteiger partial charge in [-0.25, -0.2) is 0 Å². The van der Waals surface area contributed by atoms with Crippen molar-refractivity contribution in [1.82, 2.24) is 0 Å². The van der Waals surface area contributed by atoms with Gasteiger partial charge in [0.2, 0.25) is 0 Å². The fraction of sp³-hybridized carbons (Fsp3) is 1.00. The summed E-state index contributed by atoms with van der Waals surface area (Å²) in [6.07, 6.45) is 12.6. The number of aliphatic hydroxyl groups is 5. The van der Waals surface area contributed by atoms with Gasteiger partial charge in [0, 0.05) is 25.2 Å². The van der Waals surface area contributed by atoms with Gasteiger partial charge in [0.15, 0.2) is 12.2 Å². The van der Waals surface area contributed by atoms with Crippen molar-refractivity contribution in [2.75, 3.05) is 0 Å². The summed E-state index contributed by atoms with van der Waals surface area (Å²) in [4.78, 5) is 0. The van der Waals surface area contributed by atoms with Crippen molar-refractivity contribution in [1.29, 1.82) is 0 Å². The first-order chi connectivity index (χ1) is 13.6. The fourth-order valence-electron chi connectivity index (χ4n) is 7.31. The molecule has 0 aromatic carbocycles. The lowest BCUT2D eigenvalue weighted by Crippen LogP contribution is -2.60. The Morgan fingerprint density at radius 3 is 1.86 bits per heavy atom. The molecule has 0 radical (unpaired) electrons. The molecule has 5 aliphatic rings.